The molecule has 146 valence electrons. The van der Waals surface area contributed by atoms with Gasteiger partial charge < -0.3 is 24.1 Å². The average Bonchev–Trinajstić information content (AvgIpc) is 3.21. The Morgan fingerprint density at radius 3 is 2.50 bits per heavy atom. The molecule has 0 spiro atoms. The van der Waals surface area contributed by atoms with Crippen molar-refractivity contribution < 1.29 is 23.5 Å². The van der Waals surface area contributed by atoms with Crippen molar-refractivity contribution in [2.24, 2.45) is 0 Å². The number of ether oxygens (including phenoxy) is 3. The molecule has 0 fully saturated rings. The van der Waals surface area contributed by atoms with Crippen LogP contribution in [-0.4, -0.2) is 36.4 Å². The van der Waals surface area contributed by atoms with E-state index < -0.39 is 6.10 Å². The van der Waals surface area contributed by atoms with Gasteiger partial charge in [-0.2, -0.15) is 4.98 Å². The van der Waals surface area contributed by atoms with Gasteiger partial charge >= 0.3 is 0 Å². The number of benzene rings is 2. The number of carbonyl (C=O) groups is 1. The molecule has 1 amide bonds. The van der Waals surface area contributed by atoms with Crippen molar-refractivity contribution in [2.75, 3.05) is 14.2 Å². The highest BCUT2D eigenvalue weighted by Crippen LogP contribution is 2.21. The fraction of sp³-hybridized carbons (Fsp3) is 0.250. The Kier molecular flexibility index (Phi) is 6.11. The van der Waals surface area contributed by atoms with Gasteiger partial charge in [0.15, 0.2) is 6.10 Å². The van der Waals surface area contributed by atoms with Gasteiger partial charge in [-0.05, 0) is 43.3 Å². The molecular formula is C20H21N3O5. The summed E-state index contributed by atoms with van der Waals surface area (Å²) in [5, 5.41) is 6.65. The van der Waals surface area contributed by atoms with Crippen molar-refractivity contribution in [2.45, 2.75) is 19.6 Å². The van der Waals surface area contributed by atoms with Crippen molar-refractivity contribution in [1.82, 2.24) is 15.5 Å². The number of aromatic nitrogens is 2. The van der Waals surface area contributed by atoms with Gasteiger partial charge in [-0.25, -0.2) is 0 Å². The average molecular weight is 383 g/mol. The van der Waals surface area contributed by atoms with Gasteiger partial charge in [0.05, 0.1) is 20.8 Å². The highest BCUT2D eigenvalue weighted by Gasteiger charge is 2.16. The van der Waals surface area contributed by atoms with Gasteiger partial charge in [-0.1, -0.05) is 17.3 Å². The molecule has 2 aromatic carbocycles. The Hall–Kier alpha value is -3.55. The highest BCUT2D eigenvalue weighted by atomic mass is 16.5. The Morgan fingerprint density at radius 1 is 1.07 bits per heavy atom. The molecule has 3 aromatic rings. The van der Waals surface area contributed by atoms with Crippen LogP contribution >= 0.6 is 0 Å². The summed E-state index contributed by atoms with van der Waals surface area (Å²) in [5.74, 6) is 2.40. The summed E-state index contributed by atoms with van der Waals surface area (Å²) in [6.07, 6.45) is -0.686. The van der Waals surface area contributed by atoms with Crippen molar-refractivity contribution in [3.63, 3.8) is 0 Å². The van der Waals surface area contributed by atoms with E-state index >= 15 is 0 Å². The maximum atomic E-state index is 12.2. The summed E-state index contributed by atoms with van der Waals surface area (Å²) in [5.41, 5.74) is 0.761. The lowest BCUT2D eigenvalue weighted by Gasteiger charge is -2.14. The quantitative estimate of drug-likeness (QED) is 0.639. The standard InChI is InChI=1S/C20H21N3O5/c1-13(27-16-9-7-15(25-2)8-10-16)20(24)21-12-18-22-19(23-28-18)14-5-4-6-17(11-14)26-3/h4-11,13H,12H2,1-3H3,(H,21,24). The Morgan fingerprint density at radius 2 is 1.79 bits per heavy atom. The molecule has 8 heteroatoms. The van der Waals surface area contributed by atoms with Gasteiger partial charge in [0.1, 0.15) is 17.2 Å². The normalized spacial score (nSPS) is 11.5. The lowest BCUT2D eigenvalue weighted by molar-refractivity contribution is -0.127. The lowest BCUT2D eigenvalue weighted by Crippen LogP contribution is -2.35. The Labute approximate surface area is 162 Å². The van der Waals surface area contributed by atoms with Crippen LogP contribution < -0.4 is 19.5 Å². The summed E-state index contributed by atoms with van der Waals surface area (Å²) >= 11 is 0. The first-order chi connectivity index (χ1) is 13.6. The second kappa shape index (κ2) is 8.90. The third-order valence-electron chi connectivity index (χ3n) is 3.95. The highest BCUT2D eigenvalue weighted by molar-refractivity contribution is 5.80. The van der Waals surface area contributed by atoms with Crippen LogP contribution in [0.3, 0.4) is 0 Å². The molecule has 0 aliphatic rings. The van der Waals surface area contributed by atoms with E-state index in [9.17, 15) is 4.79 Å². The van der Waals surface area contributed by atoms with Gasteiger partial charge in [0.25, 0.3) is 5.91 Å². The number of nitrogens with one attached hydrogen (secondary N) is 1. The van der Waals surface area contributed by atoms with E-state index in [4.69, 9.17) is 18.7 Å². The molecule has 0 aliphatic carbocycles. The fourth-order valence-electron chi connectivity index (χ4n) is 2.42. The van der Waals surface area contributed by atoms with E-state index in [1.54, 1.807) is 51.5 Å². The maximum Gasteiger partial charge on any atom is 0.261 e. The third-order valence-corrected chi connectivity index (χ3v) is 3.95. The van der Waals surface area contributed by atoms with Crippen molar-refractivity contribution in [1.29, 1.82) is 0 Å². The zero-order chi connectivity index (χ0) is 19.9. The third kappa shape index (κ3) is 4.79. The Bertz CT molecular complexity index is 924. The smallest absolute Gasteiger partial charge is 0.261 e. The molecule has 3 rings (SSSR count). The number of amides is 1. The van der Waals surface area contributed by atoms with Crippen LogP contribution in [0.2, 0.25) is 0 Å². The number of rotatable bonds is 8. The van der Waals surface area contributed by atoms with E-state index in [0.29, 0.717) is 29.0 Å². The molecule has 0 aliphatic heterocycles. The van der Waals surface area contributed by atoms with Crippen molar-refractivity contribution in [3.05, 3.63) is 54.4 Å². The number of nitrogens with zero attached hydrogens (tertiary/aromatic N) is 2. The van der Waals surface area contributed by atoms with Crippen LogP contribution in [-0.2, 0) is 11.3 Å². The maximum absolute atomic E-state index is 12.2. The first kappa shape index (κ1) is 19.2. The van der Waals surface area contributed by atoms with E-state index in [1.165, 1.54) is 0 Å². The Balaban J connectivity index is 1.54. The van der Waals surface area contributed by atoms with E-state index in [2.05, 4.69) is 15.5 Å². The topological polar surface area (TPSA) is 95.7 Å². The summed E-state index contributed by atoms with van der Waals surface area (Å²) in [4.78, 5) is 16.5. The second-order valence-corrected chi connectivity index (χ2v) is 5.90. The number of carbonyl (C=O) groups excluding carboxylic acids is 1. The molecule has 0 radical (unpaired) electrons. The van der Waals surface area contributed by atoms with Gasteiger partial charge in [0, 0.05) is 5.56 Å². The van der Waals surface area contributed by atoms with E-state index in [1.807, 2.05) is 18.2 Å². The zero-order valence-corrected chi connectivity index (χ0v) is 15.8. The number of hydrogen-bond donors (Lipinski definition) is 1. The monoisotopic (exact) mass is 383 g/mol. The van der Waals surface area contributed by atoms with E-state index in [0.717, 1.165) is 5.56 Å². The van der Waals surface area contributed by atoms with Crippen LogP contribution in [0.5, 0.6) is 17.2 Å². The summed E-state index contributed by atoms with van der Waals surface area (Å²) < 4.78 is 21.1. The number of hydrogen-bond acceptors (Lipinski definition) is 7. The largest absolute Gasteiger partial charge is 0.497 e. The molecule has 1 aromatic heterocycles. The van der Waals surface area contributed by atoms with Crippen LogP contribution in [0.15, 0.2) is 53.1 Å². The predicted molar refractivity (Wildman–Crippen MR) is 101 cm³/mol. The second-order valence-electron chi connectivity index (χ2n) is 5.90. The fourth-order valence-corrected chi connectivity index (χ4v) is 2.42. The molecule has 1 atom stereocenters. The molecule has 8 nitrogen and oxygen atoms in total. The molecule has 1 heterocycles. The molecule has 28 heavy (non-hydrogen) atoms. The molecule has 0 saturated heterocycles. The summed E-state index contributed by atoms with van der Waals surface area (Å²) in [6.45, 7) is 1.77. The molecule has 1 unspecified atom stereocenters. The molecular weight excluding hydrogens is 362 g/mol. The molecule has 0 bridgehead atoms. The lowest BCUT2D eigenvalue weighted by atomic mass is 10.2. The summed E-state index contributed by atoms with van der Waals surface area (Å²) in [6, 6.07) is 14.3. The van der Waals surface area contributed by atoms with Crippen molar-refractivity contribution >= 4 is 5.91 Å². The summed E-state index contributed by atoms with van der Waals surface area (Å²) in [7, 11) is 3.18. The van der Waals surface area contributed by atoms with Gasteiger partial charge in [-0.3, -0.25) is 4.79 Å². The van der Waals surface area contributed by atoms with Gasteiger partial charge in [-0.15, -0.1) is 0 Å². The minimum Gasteiger partial charge on any atom is -0.497 e. The SMILES string of the molecule is COc1ccc(OC(C)C(=O)NCc2nc(-c3cccc(OC)c3)no2)cc1. The first-order valence-electron chi connectivity index (χ1n) is 8.64. The number of methoxy groups -OCH3 is 2. The van der Waals surface area contributed by atoms with Crippen molar-refractivity contribution in [3.8, 4) is 28.6 Å². The van der Waals surface area contributed by atoms with Crippen LogP contribution in [0.4, 0.5) is 0 Å². The minimum absolute atomic E-state index is 0.103. The van der Waals surface area contributed by atoms with Crippen LogP contribution in [0.25, 0.3) is 11.4 Å². The van der Waals surface area contributed by atoms with Crippen LogP contribution in [0.1, 0.15) is 12.8 Å². The van der Waals surface area contributed by atoms with E-state index in [-0.39, 0.29) is 12.5 Å². The van der Waals surface area contributed by atoms with Gasteiger partial charge in [0.2, 0.25) is 11.7 Å². The molecule has 1 N–H and O–H groups in total. The van der Waals surface area contributed by atoms with Crippen LogP contribution in [0, 0.1) is 0 Å². The minimum atomic E-state index is -0.686. The predicted octanol–water partition coefficient (Wildman–Crippen LogP) is 2.84. The first-order valence-corrected chi connectivity index (χ1v) is 8.64. The molecule has 0 saturated carbocycles. The zero-order valence-electron chi connectivity index (χ0n) is 15.8.